The number of halogens is 19. The smallest absolute Gasteiger partial charge is 1.00 e. The van der Waals surface area contributed by atoms with Gasteiger partial charge in [0, 0.05) is 137 Å². The number of hydrogen-bond donors (Lipinski definition) is 8. The zero-order chi connectivity index (χ0) is 91.8. The molecule has 2 atom stereocenters. The van der Waals surface area contributed by atoms with E-state index in [1.807, 2.05) is 17.9 Å². The van der Waals surface area contributed by atoms with Gasteiger partial charge in [-0.05, 0) is 173 Å². The maximum Gasteiger partial charge on any atom is 1.00 e. The molecule has 10 N–H and O–H groups in total. The zero-order valence-electron chi connectivity index (χ0n) is 70.3. The topological polar surface area (TPSA) is 323 Å². The van der Waals surface area contributed by atoms with Crippen LogP contribution in [-0.2, 0) is 45.1 Å². The summed E-state index contributed by atoms with van der Waals surface area (Å²) in [6, 6.07) is 45.3. The molecule has 0 saturated heterocycles. The van der Waals surface area contributed by atoms with Crippen molar-refractivity contribution in [2.45, 2.75) is 57.9 Å². The molecule has 0 amide bonds. The first-order chi connectivity index (χ1) is 57.5. The van der Waals surface area contributed by atoms with Gasteiger partial charge in [0.15, 0.2) is 58.1 Å². The minimum Gasteiger partial charge on any atom is -1.00 e. The number of hydrogen-bond acceptors (Lipinski definition) is 19. The van der Waals surface area contributed by atoms with Crippen molar-refractivity contribution in [1.29, 1.82) is 10.5 Å². The van der Waals surface area contributed by atoms with Crippen molar-refractivity contribution in [2.75, 3.05) is 95.7 Å². The Morgan fingerprint density at radius 1 is 0.576 bits per heavy atom. The number of nitrogen functional groups attached to an aromatic ring is 1. The van der Waals surface area contributed by atoms with Gasteiger partial charge >= 0.3 is 132 Å². The first kappa shape index (κ1) is 132. The average Bonchev–Trinajstić information content (AvgIpc) is 0.854. The van der Waals surface area contributed by atoms with Crippen molar-refractivity contribution in [2.24, 2.45) is 5.73 Å². The molecule has 669 valence electrons. The minimum absolute atomic E-state index is 0. The number of carbonyl (C=O) groups excluding carboxylic acids is 3. The van der Waals surface area contributed by atoms with Crippen molar-refractivity contribution >= 4 is 125 Å². The molecule has 3 radical (unpaired) electrons. The molecule has 2 unspecified atom stereocenters. The van der Waals surface area contributed by atoms with Crippen LogP contribution in [-0.4, -0.2) is 161 Å². The van der Waals surface area contributed by atoms with Gasteiger partial charge in [-0.1, -0.05) is 94.6 Å². The largest absolute Gasteiger partial charge is 1.00 e. The summed E-state index contributed by atoms with van der Waals surface area (Å²) in [5.74, 6) is -8.58. The first-order valence-electron chi connectivity index (χ1n) is 35.2. The molecule has 0 heterocycles. The number of nitrogens with two attached hydrogens (primary N) is 2. The van der Waals surface area contributed by atoms with Crippen LogP contribution >= 0.6 is 83.7 Å². The average molecular weight is 2030 g/mol. The van der Waals surface area contributed by atoms with Crippen molar-refractivity contribution in [3.05, 3.63) is 312 Å². The molecule has 9 aromatic carbocycles. The van der Waals surface area contributed by atoms with Gasteiger partial charge in [-0.25, -0.2) is 56.9 Å². The van der Waals surface area contributed by atoms with Crippen LogP contribution in [0.2, 0.25) is 10.0 Å². The SMILES string of the molecule is CC#N.CCC#N.Fc1ccc(C(Cl)CN(CCCl)Cc2ccc(F)c(F)c2)cc1.NCCO.Nc1ccc(Cl)cc1Cl.O=C(CBr)c1ccc(F)cc1.O=C(CN(CCO)Cc1ccc(F)c(F)c1)c1ccc(F)cc1.O=CO[O-].O=S(Cl)Cl.OCCN(Cc1ccc(F)c(F)c1)CC(O)c1ccc(F)cc1.OCCNCc1ccc(F)c(F)c1.[B].[H-].[H-].[K+].[K+].[Na+]. The summed E-state index contributed by atoms with van der Waals surface area (Å²) < 4.78 is 164. The number of alkyl halides is 3. The van der Waals surface area contributed by atoms with E-state index in [0.717, 1.165) is 54.1 Å². The van der Waals surface area contributed by atoms with Crippen LogP contribution in [0.25, 0.3) is 0 Å². The van der Waals surface area contributed by atoms with E-state index in [2.05, 4.69) is 47.5 Å². The van der Waals surface area contributed by atoms with E-state index in [1.54, 1.807) is 46.2 Å². The number of nitrogens with zero attached hydrogens (tertiary/aromatic N) is 5. The molecular formula is C82H90BBrCl6F12K2N8NaO11S. The summed E-state index contributed by atoms with van der Waals surface area (Å²) in [6.07, 6.45) is -0.257. The number of rotatable bonds is 29. The Morgan fingerprint density at radius 3 is 1.23 bits per heavy atom. The number of nitrogens with one attached hydrogen (secondary N) is 1. The van der Waals surface area contributed by atoms with Gasteiger partial charge in [0.1, 0.15) is 23.3 Å². The predicted molar refractivity (Wildman–Crippen MR) is 456 cm³/mol. The molecule has 0 aliphatic carbocycles. The number of Topliss-reactive ketones (excluding diaryl/α,β-unsaturated/α-hetero) is 2. The minimum atomic E-state index is -1.67. The fourth-order valence-corrected chi connectivity index (χ4v) is 10.2. The second kappa shape index (κ2) is 81.9. The Bertz CT molecular complexity index is 4410. The third-order valence-corrected chi connectivity index (χ3v) is 16.1. The summed E-state index contributed by atoms with van der Waals surface area (Å²) >= 11 is 26.4. The van der Waals surface area contributed by atoms with Crippen molar-refractivity contribution in [3.63, 3.8) is 0 Å². The van der Waals surface area contributed by atoms with Gasteiger partial charge < -0.3 is 55.3 Å². The molecule has 0 aliphatic heterocycles. The number of benzene rings is 9. The molecule has 0 aliphatic rings. The van der Waals surface area contributed by atoms with Crippen molar-refractivity contribution < 1.29 is 242 Å². The third kappa shape index (κ3) is 65.3. The Balaban J connectivity index is -0.000000216. The van der Waals surface area contributed by atoms with E-state index in [4.69, 9.17) is 103 Å². The van der Waals surface area contributed by atoms with Gasteiger partial charge in [-0.15, -0.1) is 23.2 Å². The van der Waals surface area contributed by atoms with Crippen LogP contribution in [0.1, 0.15) is 88.7 Å². The number of aliphatic hydroxyl groups excluding tert-OH is 5. The van der Waals surface area contributed by atoms with Crippen LogP contribution in [0.5, 0.6) is 0 Å². The van der Waals surface area contributed by atoms with Gasteiger partial charge in [0.2, 0.25) is 9.23 Å². The Labute approximate surface area is 870 Å². The second-order valence-corrected chi connectivity index (χ2v) is 28.4. The standard InChI is InChI=1S/C17H16Cl2F3N.C17H18F3NO2.C17H16F3NO2.C9H11F2NO.C8H6BrFO.C6H5Cl2N.C3H5N.C2H7NO.C2H3N.CH2O3.B.Cl2OS.2K.Na.2H/c18-7-8-23(10-12-1-6-16(21)17(22)9-12)11-15(19)13-2-4-14(20)5-3-13;2*18-14-4-2-13(3-5-14)17(23)11-21(7-8-22)10-12-1-6-15(19)16(20)9-12;10-8-2-1-7(5-9(8)11)6-12-3-4-13;9-5-8(11)6-1-3-7(10)4-2-6;7-4-1-2-6(9)5(8)3-4;1-2-3-4;3-1-2-4;1-2-3;2-1-4-3;;1-4(2)3;;;;;/h1-6,9,15H,7-8,10-11H2;1-6,9,17,22-23H,7-8,10-11H2;1-6,9,22H,7-8,10-11H2;1-2,5,12-13H,3-4,6H2;1-4H,5H2;1-3H,9H2;2H2,1H3;4H,1-3H2;1H3;1,3H;;;;;;;/q;;;;;;;;;;;;3*+1;2*-1/p-1. The molecule has 125 heavy (non-hydrogen) atoms. The number of ketones is 2. The number of carbonyl (C=O) groups is 3. The number of aliphatic hydroxyl groups is 5. The second-order valence-electron chi connectivity index (χ2n) is 23.6. The van der Waals surface area contributed by atoms with Crippen LogP contribution in [0, 0.1) is 92.5 Å². The molecule has 0 fully saturated rings. The van der Waals surface area contributed by atoms with Gasteiger partial charge in [-0.3, -0.25) is 29.1 Å². The van der Waals surface area contributed by atoms with Gasteiger partial charge in [0.05, 0.1) is 72.6 Å². The summed E-state index contributed by atoms with van der Waals surface area (Å²) in [6.45, 7) is 6.57. The fraction of sp³-hybridized carbons (Fsp3) is 0.280. The van der Waals surface area contributed by atoms with Crippen LogP contribution in [0.3, 0.4) is 0 Å². The maximum atomic E-state index is 13.3. The number of anilines is 1. The molecule has 0 saturated carbocycles. The van der Waals surface area contributed by atoms with E-state index >= 15 is 0 Å². The first-order valence-corrected chi connectivity index (χ1v) is 40.8. The molecule has 19 nitrogen and oxygen atoms in total. The number of nitriles is 2. The predicted octanol–water partition coefficient (Wildman–Crippen LogP) is 7.28. The molecular weight excluding hydrogens is 1940 g/mol. The summed E-state index contributed by atoms with van der Waals surface area (Å²) in [5.41, 5.74) is 15.3. The normalized spacial score (nSPS) is 10.2. The molecule has 0 bridgehead atoms. The van der Waals surface area contributed by atoms with E-state index in [1.165, 1.54) is 116 Å². The summed E-state index contributed by atoms with van der Waals surface area (Å²) in [4.78, 5) is 39.6. The molecule has 0 aromatic heterocycles. The quantitative estimate of drug-likeness (QED) is 0.00218. The van der Waals surface area contributed by atoms with E-state index in [9.17, 15) is 67.4 Å². The zero-order valence-corrected chi connectivity index (χ0v) is 83.5. The van der Waals surface area contributed by atoms with Gasteiger partial charge in [0.25, 0.3) is 6.47 Å². The van der Waals surface area contributed by atoms with Gasteiger partial charge in [-0.2, -0.15) is 10.5 Å². The molecule has 9 aromatic rings. The molecule has 9 rings (SSSR count). The van der Waals surface area contributed by atoms with Crippen LogP contribution < -0.4 is 154 Å². The summed E-state index contributed by atoms with van der Waals surface area (Å²) in [7, 11) is 7.36. The van der Waals surface area contributed by atoms with E-state index in [-0.39, 0.29) is 250 Å². The Morgan fingerprint density at radius 2 is 0.912 bits per heavy atom. The van der Waals surface area contributed by atoms with Crippen LogP contribution in [0.4, 0.5) is 58.4 Å². The Kier molecular flexibility index (Phi) is 86.4. The van der Waals surface area contributed by atoms with Crippen molar-refractivity contribution in [1.82, 2.24) is 20.0 Å². The third-order valence-electron chi connectivity index (χ3n) is 14.5. The van der Waals surface area contributed by atoms with E-state index < -0.39 is 73.5 Å². The monoisotopic (exact) mass is 2020 g/mol. The van der Waals surface area contributed by atoms with Crippen molar-refractivity contribution in [3.8, 4) is 12.1 Å². The molecule has 43 heteroatoms. The fourth-order valence-electron chi connectivity index (χ4n) is 8.92. The summed E-state index contributed by atoms with van der Waals surface area (Å²) in [5, 5.41) is 71.9. The maximum absolute atomic E-state index is 13.3. The van der Waals surface area contributed by atoms with E-state index in [0.29, 0.717) is 106 Å². The molecule has 0 spiro atoms. The van der Waals surface area contributed by atoms with Crippen LogP contribution in [0.15, 0.2) is 188 Å². The Hall–Kier alpha value is -4.00.